The molecule has 0 bridgehead atoms. The van der Waals surface area contributed by atoms with Crippen molar-refractivity contribution in [3.05, 3.63) is 103 Å². The van der Waals surface area contributed by atoms with Crippen LogP contribution in [0.2, 0.25) is 5.02 Å². The number of nitrogens with one attached hydrogen (secondary N) is 1. The van der Waals surface area contributed by atoms with E-state index in [0.717, 1.165) is 15.5 Å². The molecule has 0 unspecified atom stereocenters. The van der Waals surface area contributed by atoms with Gasteiger partial charge in [-0.3, -0.25) is 14.2 Å². The summed E-state index contributed by atoms with van der Waals surface area (Å²) in [7, 11) is 1.79. The van der Waals surface area contributed by atoms with Crippen molar-refractivity contribution in [1.82, 2.24) is 28.9 Å². The van der Waals surface area contributed by atoms with Crippen LogP contribution in [-0.2, 0) is 13.6 Å². The molecule has 0 saturated carbocycles. The van der Waals surface area contributed by atoms with Crippen LogP contribution in [0.1, 0.15) is 16.7 Å². The summed E-state index contributed by atoms with van der Waals surface area (Å²) < 4.78 is 18.1. The van der Waals surface area contributed by atoms with Crippen molar-refractivity contribution in [1.29, 1.82) is 0 Å². The normalized spacial score (nSPS) is 11.2. The quantitative estimate of drug-likeness (QED) is 0.389. The molecule has 0 amide bonds. The summed E-state index contributed by atoms with van der Waals surface area (Å²) in [6.07, 6.45) is 4.84. The second-order valence-electron chi connectivity index (χ2n) is 8.49. The average Bonchev–Trinajstić information content (AvgIpc) is 3.18. The SMILES string of the molecule is Cc1cncc(-n2c(=O)nc(Nc3cc4cn(C)nc4cc3Cl)n(Cc3cccc(F)c3C)c2=O)c1. The molecule has 3 aromatic heterocycles. The van der Waals surface area contributed by atoms with Gasteiger partial charge in [-0.25, -0.2) is 18.5 Å². The van der Waals surface area contributed by atoms with Crippen molar-refractivity contribution in [3.8, 4) is 5.69 Å². The summed E-state index contributed by atoms with van der Waals surface area (Å²) in [5.74, 6) is -0.431. The molecule has 36 heavy (non-hydrogen) atoms. The van der Waals surface area contributed by atoms with Gasteiger partial charge in [-0.1, -0.05) is 23.7 Å². The number of hydrogen-bond donors (Lipinski definition) is 1. The van der Waals surface area contributed by atoms with Gasteiger partial charge >= 0.3 is 11.4 Å². The maximum absolute atomic E-state index is 14.3. The van der Waals surface area contributed by atoms with Gasteiger partial charge in [-0.15, -0.1) is 0 Å². The lowest BCUT2D eigenvalue weighted by Gasteiger charge is -2.17. The molecule has 3 heterocycles. The summed E-state index contributed by atoms with van der Waals surface area (Å²) in [6, 6.07) is 9.73. The highest BCUT2D eigenvalue weighted by Gasteiger charge is 2.18. The molecule has 0 spiro atoms. The molecule has 182 valence electrons. The van der Waals surface area contributed by atoms with Gasteiger partial charge in [0.2, 0.25) is 5.95 Å². The second kappa shape index (κ2) is 9.04. The zero-order valence-electron chi connectivity index (χ0n) is 19.7. The first-order valence-electron chi connectivity index (χ1n) is 11.0. The van der Waals surface area contributed by atoms with Crippen molar-refractivity contribution < 1.29 is 4.39 Å². The third-order valence-corrected chi connectivity index (χ3v) is 6.16. The minimum absolute atomic E-state index is 0.0318. The van der Waals surface area contributed by atoms with Crippen LogP contribution in [0.4, 0.5) is 16.0 Å². The first kappa shape index (κ1) is 23.4. The molecule has 0 aliphatic heterocycles. The number of hydrogen-bond acceptors (Lipinski definition) is 6. The molecule has 0 radical (unpaired) electrons. The van der Waals surface area contributed by atoms with E-state index in [0.29, 0.717) is 27.4 Å². The third kappa shape index (κ3) is 4.27. The number of benzene rings is 2. The number of fused-ring (bicyclic) bond motifs is 1. The van der Waals surface area contributed by atoms with E-state index in [1.54, 1.807) is 62.1 Å². The predicted octanol–water partition coefficient (Wildman–Crippen LogP) is 3.88. The van der Waals surface area contributed by atoms with E-state index >= 15 is 0 Å². The van der Waals surface area contributed by atoms with E-state index in [1.165, 1.54) is 16.8 Å². The molecule has 0 saturated heterocycles. The van der Waals surface area contributed by atoms with E-state index in [9.17, 15) is 14.0 Å². The highest BCUT2D eigenvalue weighted by molar-refractivity contribution is 6.34. The first-order valence-corrected chi connectivity index (χ1v) is 11.4. The van der Waals surface area contributed by atoms with E-state index in [1.807, 2.05) is 6.20 Å². The third-order valence-electron chi connectivity index (χ3n) is 5.85. The standard InChI is InChI=1S/C25H21ClFN7O2/c1-14-7-18(11-28-10-14)34-24(35)30-23(29-22-8-17-12-32(3)31-21(17)9-19(22)26)33(25(34)36)13-16-5-4-6-20(27)15(16)2/h4-12H,13H2,1-3H3,(H,29,30,35). The monoisotopic (exact) mass is 505 g/mol. The van der Waals surface area contributed by atoms with Crippen LogP contribution < -0.4 is 16.7 Å². The Bertz CT molecular complexity index is 1760. The maximum Gasteiger partial charge on any atom is 0.359 e. The lowest BCUT2D eigenvalue weighted by atomic mass is 10.1. The van der Waals surface area contributed by atoms with E-state index in [2.05, 4.69) is 20.4 Å². The van der Waals surface area contributed by atoms with Crippen LogP contribution in [0, 0.1) is 19.7 Å². The van der Waals surface area contributed by atoms with Gasteiger partial charge in [0, 0.05) is 24.8 Å². The first-order chi connectivity index (χ1) is 17.2. The minimum atomic E-state index is -0.791. The van der Waals surface area contributed by atoms with Gasteiger partial charge < -0.3 is 5.32 Å². The Morgan fingerprint density at radius 1 is 1.11 bits per heavy atom. The molecule has 11 heteroatoms. The summed E-state index contributed by atoms with van der Waals surface area (Å²) in [6.45, 7) is 3.39. The van der Waals surface area contributed by atoms with Crippen molar-refractivity contribution in [2.24, 2.45) is 7.05 Å². The maximum atomic E-state index is 14.3. The number of aromatic nitrogens is 6. The lowest BCUT2D eigenvalue weighted by molar-refractivity contribution is 0.607. The van der Waals surface area contributed by atoms with Crippen LogP contribution in [0.25, 0.3) is 16.6 Å². The molecule has 0 fully saturated rings. The van der Waals surface area contributed by atoms with Gasteiger partial charge in [-0.05, 0) is 54.8 Å². The zero-order valence-corrected chi connectivity index (χ0v) is 20.4. The molecular formula is C25H21ClFN7O2. The molecule has 0 aliphatic carbocycles. The van der Waals surface area contributed by atoms with Crippen LogP contribution >= 0.6 is 11.6 Å². The van der Waals surface area contributed by atoms with E-state index in [-0.39, 0.29) is 18.2 Å². The Hall–Kier alpha value is -4.31. The molecular weight excluding hydrogens is 485 g/mol. The highest BCUT2D eigenvalue weighted by atomic mass is 35.5. The molecule has 2 aromatic carbocycles. The topological polar surface area (TPSA) is 99.6 Å². The summed E-state index contributed by atoms with van der Waals surface area (Å²) in [5, 5.41) is 8.49. The number of pyridine rings is 1. The highest BCUT2D eigenvalue weighted by Crippen LogP contribution is 2.29. The van der Waals surface area contributed by atoms with Crippen LogP contribution in [-0.4, -0.2) is 28.9 Å². The number of aryl methyl sites for hydroxylation is 2. The molecule has 0 aliphatic rings. The fourth-order valence-electron chi connectivity index (χ4n) is 3.99. The predicted molar refractivity (Wildman–Crippen MR) is 136 cm³/mol. The smallest absolute Gasteiger partial charge is 0.324 e. The molecule has 5 rings (SSSR count). The van der Waals surface area contributed by atoms with Crippen molar-refractivity contribution in [2.75, 3.05) is 5.32 Å². The van der Waals surface area contributed by atoms with Crippen LogP contribution in [0.15, 0.2) is 64.6 Å². The van der Waals surface area contributed by atoms with Gasteiger partial charge in [0.05, 0.1) is 34.7 Å². The van der Waals surface area contributed by atoms with Crippen molar-refractivity contribution in [3.63, 3.8) is 0 Å². The largest absolute Gasteiger partial charge is 0.359 e. The minimum Gasteiger partial charge on any atom is -0.324 e. The Kier molecular flexibility index (Phi) is 5.89. The van der Waals surface area contributed by atoms with E-state index in [4.69, 9.17) is 11.6 Å². The van der Waals surface area contributed by atoms with Crippen molar-refractivity contribution >= 4 is 34.1 Å². The Labute approximate surface area is 209 Å². The fourth-order valence-corrected chi connectivity index (χ4v) is 4.20. The van der Waals surface area contributed by atoms with Gasteiger partial charge in [0.15, 0.2) is 0 Å². The summed E-state index contributed by atoms with van der Waals surface area (Å²) in [5.41, 5.74) is 1.67. The fraction of sp³-hybridized carbons (Fsp3) is 0.160. The number of anilines is 2. The van der Waals surface area contributed by atoms with Crippen LogP contribution in [0.3, 0.4) is 0 Å². The number of nitrogens with zero attached hydrogens (tertiary/aromatic N) is 6. The lowest BCUT2D eigenvalue weighted by Crippen LogP contribution is -2.42. The van der Waals surface area contributed by atoms with Crippen LogP contribution in [0.5, 0.6) is 0 Å². The van der Waals surface area contributed by atoms with Gasteiger partial charge in [0.25, 0.3) is 0 Å². The summed E-state index contributed by atoms with van der Waals surface area (Å²) in [4.78, 5) is 35.0. The molecule has 1 N–H and O–H groups in total. The number of halogens is 2. The molecule has 5 aromatic rings. The Balaban J connectivity index is 1.70. The molecule has 0 atom stereocenters. The Morgan fingerprint density at radius 2 is 1.92 bits per heavy atom. The second-order valence-corrected chi connectivity index (χ2v) is 8.89. The van der Waals surface area contributed by atoms with Gasteiger partial charge in [0.1, 0.15) is 5.82 Å². The Morgan fingerprint density at radius 3 is 2.69 bits per heavy atom. The zero-order chi connectivity index (χ0) is 25.6. The summed E-state index contributed by atoms with van der Waals surface area (Å²) >= 11 is 6.48. The van der Waals surface area contributed by atoms with E-state index < -0.39 is 17.2 Å². The molecule has 9 nitrogen and oxygen atoms in total. The number of rotatable bonds is 5. The average molecular weight is 506 g/mol. The van der Waals surface area contributed by atoms with Gasteiger partial charge in [-0.2, -0.15) is 10.1 Å². The van der Waals surface area contributed by atoms with Crippen molar-refractivity contribution in [2.45, 2.75) is 20.4 Å².